The first-order valence-electron chi connectivity index (χ1n) is 6.10. The van der Waals surface area contributed by atoms with Crippen LogP contribution >= 0.6 is 0 Å². The van der Waals surface area contributed by atoms with Crippen LogP contribution in [0, 0.1) is 0 Å². The van der Waals surface area contributed by atoms with Gasteiger partial charge in [-0.15, -0.1) is 0 Å². The van der Waals surface area contributed by atoms with Gasteiger partial charge in [0.1, 0.15) is 5.60 Å². The molecule has 1 aromatic rings. The van der Waals surface area contributed by atoms with Crippen molar-refractivity contribution >= 4 is 23.3 Å². The lowest BCUT2D eigenvalue weighted by Gasteiger charge is -2.19. The van der Waals surface area contributed by atoms with E-state index in [0.29, 0.717) is 11.3 Å². The third-order valence-electron chi connectivity index (χ3n) is 2.31. The van der Waals surface area contributed by atoms with Gasteiger partial charge in [0.25, 0.3) is 0 Å². The number of esters is 1. The molecule has 1 N–H and O–H groups in total. The summed E-state index contributed by atoms with van der Waals surface area (Å²) in [4.78, 5) is 22.9. The van der Waals surface area contributed by atoms with E-state index in [9.17, 15) is 9.59 Å². The van der Waals surface area contributed by atoms with Gasteiger partial charge in [0, 0.05) is 5.69 Å². The summed E-state index contributed by atoms with van der Waals surface area (Å²) in [5, 5.41) is 2.60. The van der Waals surface area contributed by atoms with Crippen LogP contribution in [0.2, 0.25) is 0 Å². The van der Waals surface area contributed by atoms with Crippen molar-refractivity contribution in [1.82, 2.24) is 0 Å². The molecule has 1 rings (SSSR count). The van der Waals surface area contributed by atoms with E-state index in [1.54, 1.807) is 45.0 Å². The Balaban J connectivity index is 2.70. The molecule has 0 atom stereocenters. The first kappa shape index (κ1) is 15.8. The number of hydrogen-bond donors (Lipinski definition) is 1. The Kier molecular flexibility index (Phi) is 4.91. The van der Waals surface area contributed by atoms with E-state index in [2.05, 4.69) is 16.6 Å². The average molecular weight is 277 g/mol. The molecule has 0 fully saturated rings. The molecule has 0 spiro atoms. The Morgan fingerprint density at radius 1 is 1.15 bits per heavy atom. The minimum atomic E-state index is -0.552. The van der Waals surface area contributed by atoms with E-state index >= 15 is 0 Å². The number of hydrogen-bond acceptors (Lipinski definition) is 4. The Morgan fingerprint density at radius 3 is 2.15 bits per heavy atom. The first-order valence-corrected chi connectivity index (χ1v) is 6.10. The molecule has 0 bridgehead atoms. The van der Waals surface area contributed by atoms with Crippen LogP contribution < -0.4 is 5.32 Å². The number of carbonyl (C=O) groups excluding carboxylic acids is 2. The summed E-state index contributed by atoms with van der Waals surface area (Å²) in [7, 11) is 1.30. The average Bonchev–Trinajstić information content (AvgIpc) is 2.35. The normalized spacial score (nSPS) is 10.6. The van der Waals surface area contributed by atoms with Crippen molar-refractivity contribution in [2.24, 2.45) is 0 Å². The van der Waals surface area contributed by atoms with Crippen molar-refractivity contribution in [3.8, 4) is 0 Å². The van der Waals surface area contributed by atoms with Crippen molar-refractivity contribution in [2.45, 2.75) is 26.4 Å². The zero-order valence-corrected chi connectivity index (χ0v) is 12.1. The largest absolute Gasteiger partial charge is 0.465 e. The van der Waals surface area contributed by atoms with Crippen molar-refractivity contribution < 1.29 is 19.1 Å². The molecule has 5 heteroatoms. The summed E-state index contributed by atoms with van der Waals surface area (Å²) < 4.78 is 9.72. The molecule has 0 radical (unpaired) electrons. The van der Waals surface area contributed by atoms with E-state index in [1.807, 2.05) is 0 Å². The molecular weight excluding hydrogens is 258 g/mol. The number of carbonyl (C=O) groups is 2. The fourth-order valence-electron chi connectivity index (χ4n) is 1.42. The molecule has 0 saturated heterocycles. The molecule has 5 nitrogen and oxygen atoms in total. The van der Waals surface area contributed by atoms with E-state index in [4.69, 9.17) is 4.74 Å². The number of anilines is 1. The molecule has 0 saturated carbocycles. The van der Waals surface area contributed by atoms with Gasteiger partial charge in [-0.3, -0.25) is 5.32 Å². The van der Waals surface area contributed by atoms with E-state index in [-0.39, 0.29) is 5.57 Å². The fourth-order valence-corrected chi connectivity index (χ4v) is 1.42. The topological polar surface area (TPSA) is 64.6 Å². The maximum Gasteiger partial charge on any atom is 0.412 e. The lowest BCUT2D eigenvalue weighted by Crippen LogP contribution is -2.27. The number of methoxy groups -OCH3 is 1. The number of benzene rings is 1. The van der Waals surface area contributed by atoms with Crippen molar-refractivity contribution in [3.05, 3.63) is 36.4 Å². The van der Waals surface area contributed by atoms with E-state index in [1.165, 1.54) is 7.11 Å². The van der Waals surface area contributed by atoms with Gasteiger partial charge in [-0.1, -0.05) is 18.7 Å². The van der Waals surface area contributed by atoms with Crippen LogP contribution in [-0.2, 0) is 14.3 Å². The molecule has 1 aromatic carbocycles. The van der Waals surface area contributed by atoms with Crippen molar-refractivity contribution in [3.63, 3.8) is 0 Å². The molecule has 0 heterocycles. The van der Waals surface area contributed by atoms with Crippen LogP contribution in [0.15, 0.2) is 30.8 Å². The lowest BCUT2D eigenvalue weighted by molar-refractivity contribution is -0.133. The van der Waals surface area contributed by atoms with Gasteiger partial charge in [0.2, 0.25) is 0 Å². The highest BCUT2D eigenvalue weighted by Gasteiger charge is 2.16. The van der Waals surface area contributed by atoms with Crippen LogP contribution in [0.1, 0.15) is 26.3 Å². The van der Waals surface area contributed by atoms with Crippen LogP contribution in [-0.4, -0.2) is 24.8 Å². The monoisotopic (exact) mass is 277 g/mol. The Labute approximate surface area is 118 Å². The summed E-state index contributed by atoms with van der Waals surface area (Å²) in [5.41, 5.74) is 0.909. The van der Waals surface area contributed by atoms with Gasteiger partial charge >= 0.3 is 12.1 Å². The van der Waals surface area contributed by atoms with E-state index < -0.39 is 17.7 Å². The van der Waals surface area contributed by atoms with Gasteiger partial charge in [-0.05, 0) is 38.5 Å². The Morgan fingerprint density at radius 2 is 1.70 bits per heavy atom. The predicted molar refractivity (Wildman–Crippen MR) is 77.3 cm³/mol. The van der Waals surface area contributed by atoms with Crippen LogP contribution in [0.3, 0.4) is 0 Å². The Hall–Kier alpha value is -2.30. The third-order valence-corrected chi connectivity index (χ3v) is 2.31. The van der Waals surface area contributed by atoms with Gasteiger partial charge in [0.05, 0.1) is 12.7 Å². The minimum absolute atomic E-state index is 0.260. The SMILES string of the molecule is C=C(C(=O)OC)c1ccc(NC(=O)OC(C)(C)C)cc1. The van der Waals surface area contributed by atoms with Crippen LogP contribution in [0.5, 0.6) is 0 Å². The highest BCUT2D eigenvalue weighted by molar-refractivity contribution is 6.15. The second kappa shape index (κ2) is 6.23. The third kappa shape index (κ3) is 4.76. The predicted octanol–water partition coefficient (Wildman–Crippen LogP) is 3.22. The number of nitrogens with one attached hydrogen (secondary N) is 1. The zero-order chi connectivity index (χ0) is 15.3. The standard InChI is InChI=1S/C15H19NO4/c1-10(13(17)19-5)11-6-8-12(9-7-11)16-14(18)20-15(2,3)4/h6-9H,1H2,2-5H3,(H,16,18). The lowest BCUT2D eigenvalue weighted by atomic mass is 10.1. The molecule has 0 aromatic heterocycles. The highest BCUT2D eigenvalue weighted by Crippen LogP contribution is 2.18. The molecule has 1 amide bonds. The van der Waals surface area contributed by atoms with Gasteiger partial charge in [-0.2, -0.15) is 0 Å². The maximum absolute atomic E-state index is 11.6. The molecule has 0 aliphatic rings. The summed E-state index contributed by atoms with van der Waals surface area (Å²) in [6.07, 6.45) is -0.531. The summed E-state index contributed by atoms with van der Waals surface area (Å²) in [6, 6.07) is 6.67. The summed E-state index contributed by atoms with van der Waals surface area (Å²) in [5.74, 6) is -0.488. The van der Waals surface area contributed by atoms with Gasteiger partial charge in [-0.25, -0.2) is 9.59 Å². The molecule has 0 unspecified atom stereocenters. The second-order valence-corrected chi connectivity index (χ2v) is 5.17. The second-order valence-electron chi connectivity index (χ2n) is 5.17. The summed E-state index contributed by atoms with van der Waals surface area (Å²) >= 11 is 0. The molecule has 108 valence electrons. The fraction of sp³-hybridized carbons (Fsp3) is 0.333. The quantitative estimate of drug-likeness (QED) is 0.680. The van der Waals surface area contributed by atoms with Crippen molar-refractivity contribution in [1.29, 1.82) is 0 Å². The highest BCUT2D eigenvalue weighted by atomic mass is 16.6. The molecule has 20 heavy (non-hydrogen) atoms. The van der Waals surface area contributed by atoms with Gasteiger partial charge in [0.15, 0.2) is 0 Å². The van der Waals surface area contributed by atoms with Gasteiger partial charge < -0.3 is 9.47 Å². The Bertz CT molecular complexity index is 512. The number of amides is 1. The molecular formula is C15H19NO4. The maximum atomic E-state index is 11.6. The molecule has 0 aliphatic heterocycles. The first-order chi connectivity index (χ1) is 9.23. The molecule has 0 aliphatic carbocycles. The van der Waals surface area contributed by atoms with E-state index in [0.717, 1.165) is 0 Å². The smallest absolute Gasteiger partial charge is 0.412 e. The number of rotatable bonds is 3. The summed E-state index contributed by atoms with van der Waals surface area (Å²) in [6.45, 7) is 9.01. The zero-order valence-electron chi connectivity index (χ0n) is 12.1. The minimum Gasteiger partial charge on any atom is -0.465 e. The van der Waals surface area contributed by atoms with Crippen molar-refractivity contribution in [2.75, 3.05) is 12.4 Å². The van der Waals surface area contributed by atoms with Crippen LogP contribution in [0.25, 0.3) is 5.57 Å². The number of ether oxygens (including phenoxy) is 2. The van der Waals surface area contributed by atoms with Crippen LogP contribution in [0.4, 0.5) is 10.5 Å².